The van der Waals surface area contributed by atoms with Gasteiger partial charge in [0, 0.05) is 19.2 Å². The van der Waals surface area contributed by atoms with E-state index in [1.165, 1.54) is 0 Å². The van der Waals surface area contributed by atoms with E-state index in [2.05, 4.69) is 5.10 Å². The maximum Gasteiger partial charge on any atom is 0.323 e. The molecule has 6 heteroatoms. The van der Waals surface area contributed by atoms with Crippen LogP contribution in [-0.2, 0) is 27.3 Å². The molecule has 0 aromatic carbocycles. The van der Waals surface area contributed by atoms with Gasteiger partial charge in [-0.2, -0.15) is 5.10 Å². The first kappa shape index (κ1) is 17.2. The monoisotopic (exact) mass is 296 g/mol. The zero-order valence-corrected chi connectivity index (χ0v) is 13.1. The molecule has 0 amide bonds. The lowest BCUT2D eigenvalue weighted by Gasteiger charge is -2.28. The Balaban J connectivity index is 3.14. The molecule has 0 aliphatic carbocycles. The zero-order chi connectivity index (χ0) is 16.0. The molecule has 0 spiro atoms. The first-order valence-corrected chi connectivity index (χ1v) is 7.27. The number of rotatable bonds is 8. The summed E-state index contributed by atoms with van der Waals surface area (Å²) in [5, 5.41) is 13.8. The number of aryl methyl sites for hydroxylation is 1. The van der Waals surface area contributed by atoms with Crippen LogP contribution in [0.4, 0.5) is 0 Å². The molecule has 118 valence electrons. The van der Waals surface area contributed by atoms with Crippen LogP contribution < -0.4 is 0 Å². The van der Waals surface area contributed by atoms with Gasteiger partial charge in [0.1, 0.15) is 0 Å². The van der Waals surface area contributed by atoms with E-state index in [1.807, 2.05) is 20.8 Å². The minimum Gasteiger partial charge on any atom is -0.480 e. The third kappa shape index (κ3) is 4.06. The summed E-state index contributed by atoms with van der Waals surface area (Å²) in [6.07, 6.45) is 3.72. The molecule has 0 aliphatic heterocycles. The quantitative estimate of drug-likeness (QED) is 0.587. The van der Waals surface area contributed by atoms with Gasteiger partial charge in [0.05, 0.1) is 12.8 Å². The Morgan fingerprint density at radius 1 is 1.43 bits per heavy atom. The van der Waals surface area contributed by atoms with E-state index in [0.717, 1.165) is 5.56 Å². The number of carbonyl (C=O) groups excluding carboxylic acids is 1. The number of carboxylic acid groups (broad SMARTS) is 1. The van der Waals surface area contributed by atoms with Crippen molar-refractivity contribution in [1.29, 1.82) is 0 Å². The molecule has 0 radical (unpaired) electrons. The third-order valence-electron chi connectivity index (χ3n) is 3.35. The Bertz CT molecular complexity index is 496. The normalized spacial score (nSPS) is 14.0. The van der Waals surface area contributed by atoms with Gasteiger partial charge in [0.15, 0.2) is 5.41 Å². The van der Waals surface area contributed by atoms with Crippen LogP contribution in [0.5, 0.6) is 0 Å². The second-order valence-electron chi connectivity index (χ2n) is 5.59. The molecule has 1 rings (SSSR count). The summed E-state index contributed by atoms with van der Waals surface area (Å²) < 4.78 is 6.74. The summed E-state index contributed by atoms with van der Waals surface area (Å²) >= 11 is 0. The Morgan fingerprint density at radius 3 is 2.52 bits per heavy atom. The number of esters is 1. The molecule has 0 saturated heterocycles. The van der Waals surface area contributed by atoms with Crippen molar-refractivity contribution in [2.75, 3.05) is 6.61 Å². The van der Waals surface area contributed by atoms with E-state index < -0.39 is 17.4 Å². The summed E-state index contributed by atoms with van der Waals surface area (Å²) in [5.41, 5.74) is -0.820. The predicted octanol–water partition coefficient (Wildman–Crippen LogP) is 2.13. The van der Waals surface area contributed by atoms with Crippen LogP contribution in [0.15, 0.2) is 12.4 Å². The molecule has 0 saturated carbocycles. The minimum absolute atomic E-state index is 0.0618. The molecule has 1 heterocycles. The number of hydrogen-bond donors (Lipinski definition) is 1. The van der Waals surface area contributed by atoms with Crippen LogP contribution in [0, 0.1) is 11.3 Å². The van der Waals surface area contributed by atoms with Crippen LogP contribution in [0.1, 0.15) is 39.7 Å². The SMILES string of the molecule is CCOC(=O)C(Cc1cnn(CC)c1)(CC(C)C)C(=O)O. The largest absolute Gasteiger partial charge is 0.480 e. The maximum atomic E-state index is 12.3. The van der Waals surface area contributed by atoms with Gasteiger partial charge >= 0.3 is 11.9 Å². The molecular formula is C15H24N2O4. The summed E-state index contributed by atoms with van der Waals surface area (Å²) in [6, 6.07) is 0. The number of carboxylic acids is 1. The zero-order valence-electron chi connectivity index (χ0n) is 13.1. The number of ether oxygens (including phenoxy) is 1. The van der Waals surface area contributed by atoms with E-state index >= 15 is 0 Å². The first-order chi connectivity index (χ1) is 9.85. The van der Waals surface area contributed by atoms with Gasteiger partial charge < -0.3 is 9.84 Å². The average molecular weight is 296 g/mol. The number of carbonyl (C=O) groups is 2. The van der Waals surface area contributed by atoms with Gasteiger partial charge in [-0.3, -0.25) is 14.3 Å². The van der Waals surface area contributed by atoms with Crippen molar-refractivity contribution in [3.63, 3.8) is 0 Å². The van der Waals surface area contributed by atoms with E-state index in [4.69, 9.17) is 4.74 Å². The number of nitrogens with zero attached hydrogens (tertiary/aromatic N) is 2. The summed E-state index contributed by atoms with van der Waals surface area (Å²) in [4.78, 5) is 24.1. The highest BCUT2D eigenvalue weighted by Crippen LogP contribution is 2.33. The second-order valence-corrected chi connectivity index (χ2v) is 5.59. The number of aliphatic carboxylic acids is 1. The van der Waals surface area contributed by atoms with Crippen molar-refractivity contribution >= 4 is 11.9 Å². The number of hydrogen-bond acceptors (Lipinski definition) is 4. The lowest BCUT2D eigenvalue weighted by atomic mass is 9.75. The smallest absolute Gasteiger partial charge is 0.323 e. The van der Waals surface area contributed by atoms with Gasteiger partial charge in [0.25, 0.3) is 0 Å². The van der Waals surface area contributed by atoms with Crippen molar-refractivity contribution in [1.82, 2.24) is 9.78 Å². The highest BCUT2D eigenvalue weighted by atomic mass is 16.5. The molecule has 21 heavy (non-hydrogen) atoms. The van der Waals surface area contributed by atoms with Crippen LogP contribution >= 0.6 is 0 Å². The molecule has 1 aromatic rings. The number of aromatic nitrogens is 2. The Morgan fingerprint density at radius 2 is 2.10 bits per heavy atom. The van der Waals surface area contributed by atoms with E-state index in [0.29, 0.717) is 6.54 Å². The van der Waals surface area contributed by atoms with Crippen LogP contribution in [-0.4, -0.2) is 33.4 Å². The van der Waals surface area contributed by atoms with Crippen LogP contribution in [0.3, 0.4) is 0 Å². The molecule has 1 aromatic heterocycles. The lowest BCUT2D eigenvalue weighted by molar-refractivity contribution is -0.170. The summed E-state index contributed by atoms with van der Waals surface area (Å²) in [6.45, 7) is 8.28. The molecular weight excluding hydrogens is 272 g/mol. The fourth-order valence-electron chi connectivity index (χ4n) is 2.46. The van der Waals surface area contributed by atoms with E-state index in [-0.39, 0.29) is 25.4 Å². The molecule has 0 bridgehead atoms. The fraction of sp³-hybridized carbons (Fsp3) is 0.667. The molecule has 1 N–H and O–H groups in total. The molecule has 0 fully saturated rings. The van der Waals surface area contributed by atoms with E-state index in [1.54, 1.807) is 24.0 Å². The van der Waals surface area contributed by atoms with Crippen LogP contribution in [0.25, 0.3) is 0 Å². The second kappa shape index (κ2) is 7.24. The van der Waals surface area contributed by atoms with Gasteiger partial charge in [-0.25, -0.2) is 0 Å². The third-order valence-corrected chi connectivity index (χ3v) is 3.35. The molecule has 6 nitrogen and oxygen atoms in total. The highest BCUT2D eigenvalue weighted by molar-refractivity contribution is 5.99. The van der Waals surface area contributed by atoms with Gasteiger partial charge in [-0.1, -0.05) is 13.8 Å². The topological polar surface area (TPSA) is 81.4 Å². The van der Waals surface area contributed by atoms with Crippen molar-refractivity contribution in [3.05, 3.63) is 18.0 Å². The molecule has 0 aliphatic rings. The van der Waals surface area contributed by atoms with E-state index in [9.17, 15) is 14.7 Å². The van der Waals surface area contributed by atoms with Crippen molar-refractivity contribution in [2.45, 2.75) is 47.1 Å². The lowest BCUT2D eigenvalue weighted by Crippen LogP contribution is -2.43. The molecule has 1 atom stereocenters. The standard InChI is InChI=1S/C15H24N2O4/c1-5-17-10-12(9-16-17)8-15(13(18)19,7-11(3)4)14(20)21-6-2/h9-11H,5-8H2,1-4H3,(H,18,19). The highest BCUT2D eigenvalue weighted by Gasteiger charge is 2.48. The maximum absolute atomic E-state index is 12.3. The molecule has 1 unspecified atom stereocenters. The van der Waals surface area contributed by atoms with Gasteiger partial charge in [0.2, 0.25) is 0 Å². The fourth-order valence-corrected chi connectivity index (χ4v) is 2.46. The van der Waals surface area contributed by atoms with Crippen LogP contribution in [0.2, 0.25) is 0 Å². The summed E-state index contributed by atoms with van der Waals surface area (Å²) in [5.74, 6) is -1.75. The van der Waals surface area contributed by atoms with Gasteiger partial charge in [-0.05, 0) is 31.7 Å². The predicted molar refractivity (Wildman–Crippen MR) is 77.8 cm³/mol. The van der Waals surface area contributed by atoms with Gasteiger partial charge in [-0.15, -0.1) is 0 Å². The minimum atomic E-state index is -1.55. The summed E-state index contributed by atoms with van der Waals surface area (Å²) in [7, 11) is 0. The first-order valence-electron chi connectivity index (χ1n) is 7.27. The Kier molecular flexibility index (Phi) is 5.93. The van der Waals surface area contributed by atoms with Crippen molar-refractivity contribution in [2.24, 2.45) is 11.3 Å². The Labute approximate surface area is 125 Å². The van der Waals surface area contributed by atoms with Crippen molar-refractivity contribution < 1.29 is 19.4 Å². The van der Waals surface area contributed by atoms with Crippen molar-refractivity contribution in [3.8, 4) is 0 Å². The Hall–Kier alpha value is -1.85. The average Bonchev–Trinajstić information content (AvgIpc) is 2.84.